The van der Waals surface area contributed by atoms with Crippen molar-refractivity contribution >= 4 is 0 Å². The molecular weight excluding hydrogens is 213 g/mol. The van der Waals surface area contributed by atoms with E-state index in [9.17, 15) is 0 Å². The molecule has 1 radical (unpaired) electrons. The van der Waals surface area contributed by atoms with Crippen molar-refractivity contribution in [2.75, 3.05) is 0 Å². The summed E-state index contributed by atoms with van der Waals surface area (Å²) in [6.45, 7) is 6.84. The van der Waals surface area contributed by atoms with Crippen LogP contribution in [0.5, 0.6) is 5.75 Å². The van der Waals surface area contributed by atoms with Crippen LogP contribution in [0.4, 0.5) is 0 Å². The normalized spacial score (nSPS) is 7.18. The molecule has 0 aliphatic carbocycles. The minimum absolute atomic E-state index is 0. The van der Waals surface area contributed by atoms with E-state index in [4.69, 9.17) is 5.11 Å². The minimum Gasteiger partial charge on any atom is -0.533 e. The van der Waals surface area contributed by atoms with Crippen molar-refractivity contribution in [3.05, 3.63) is 36.8 Å². The Morgan fingerprint density at radius 1 is 1.45 bits per heavy atom. The summed E-state index contributed by atoms with van der Waals surface area (Å²) in [5, 5.41) is 8.90. The van der Waals surface area contributed by atoms with Gasteiger partial charge >= 0.3 is 0 Å². The number of phenolic OH excluding ortho intramolecular Hbond substituents is 1. The van der Waals surface area contributed by atoms with Gasteiger partial charge in [0.2, 0.25) is 0 Å². The quantitative estimate of drug-likeness (QED) is 0.672. The zero-order valence-corrected chi connectivity index (χ0v) is 9.80. The van der Waals surface area contributed by atoms with E-state index in [0.717, 1.165) is 5.56 Å². The molecule has 1 nitrogen and oxygen atoms in total. The SMILES string of the molecule is Cc1c[c-]ccc1O.[CH2-]C.[Y]. The van der Waals surface area contributed by atoms with Crippen LogP contribution in [0.25, 0.3) is 0 Å². The maximum atomic E-state index is 8.90. The van der Waals surface area contributed by atoms with Crippen molar-refractivity contribution in [1.29, 1.82) is 0 Å². The van der Waals surface area contributed by atoms with Crippen molar-refractivity contribution in [1.82, 2.24) is 0 Å². The first-order valence-corrected chi connectivity index (χ1v) is 3.17. The van der Waals surface area contributed by atoms with Crippen LogP contribution in [0.3, 0.4) is 0 Å². The molecule has 0 amide bonds. The standard InChI is InChI=1S/C7H7O.C2H5.Y/c1-6-4-2-3-5-7(6)8;1-2;/h3-5,8H,1H3;1H2,2H3;/q2*-1;. The van der Waals surface area contributed by atoms with Crippen molar-refractivity contribution < 1.29 is 37.8 Å². The fraction of sp³-hybridized carbons (Fsp3) is 0.222. The molecule has 0 heterocycles. The van der Waals surface area contributed by atoms with Crippen molar-refractivity contribution in [2.24, 2.45) is 0 Å². The van der Waals surface area contributed by atoms with Gasteiger partial charge in [0, 0.05) is 38.5 Å². The average molecular weight is 225 g/mol. The van der Waals surface area contributed by atoms with Gasteiger partial charge in [0.25, 0.3) is 0 Å². The molecule has 0 aliphatic heterocycles. The second kappa shape index (κ2) is 8.22. The van der Waals surface area contributed by atoms with Gasteiger partial charge in [-0.25, -0.2) is 0 Å². The number of hydrogen-bond acceptors (Lipinski definition) is 1. The summed E-state index contributed by atoms with van der Waals surface area (Å²) in [6.07, 6.45) is 0. The molecule has 1 rings (SSSR count). The Bertz CT molecular complexity index is 166. The van der Waals surface area contributed by atoms with E-state index < -0.39 is 0 Å². The minimum atomic E-state index is 0. The first-order chi connectivity index (χ1) is 4.80. The maximum absolute atomic E-state index is 8.90. The van der Waals surface area contributed by atoms with E-state index >= 15 is 0 Å². The Morgan fingerprint density at radius 2 is 2.00 bits per heavy atom. The number of rotatable bonds is 0. The molecule has 0 aromatic heterocycles. The molecule has 59 valence electrons. The Morgan fingerprint density at radius 3 is 2.27 bits per heavy atom. The molecule has 0 aliphatic rings. The topological polar surface area (TPSA) is 20.2 Å². The van der Waals surface area contributed by atoms with Gasteiger partial charge in [-0.05, 0) is 0 Å². The number of aryl methyl sites for hydroxylation is 1. The van der Waals surface area contributed by atoms with Crippen molar-refractivity contribution in [3.63, 3.8) is 0 Å². The van der Waals surface area contributed by atoms with Gasteiger partial charge in [0.15, 0.2) is 0 Å². The molecule has 0 unspecified atom stereocenters. The summed E-state index contributed by atoms with van der Waals surface area (Å²) in [6, 6.07) is 7.89. The largest absolute Gasteiger partial charge is 0.533 e. The zero-order valence-electron chi connectivity index (χ0n) is 6.96. The summed E-state index contributed by atoms with van der Waals surface area (Å²) in [5.41, 5.74) is 0.868. The first-order valence-electron chi connectivity index (χ1n) is 3.17. The van der Waals surface area contributed by atoms with Gasteiger partial charge in [0.05, 0.1) is 0 Å². The Balaban J connectivity index is 0. The molecule has 2 heteroatoms. The molecule has 1 N–H and O–H groups in total. The maximum Gasteiger partial charge on any atom is 0.0111 e. The number of benzene rings is 1. The molecule has 1 aromatic rings. The molecular formula is C9H12OY-2. The third-order valence-electron chi connectivity index (χ3n) is 1.04. The molecule has 0 bridgehead atoms. The van der Waals surface area contributed by atoms with Gasteiger partial charge in [-0.2, -0.15) is 25.1 Å². The summed E-state index contributed by atoms with van der Waals surface area (Å²) >= 11 is 0. The second-order valence-corrected chi connectivity index (χ2v) is 1.71. The van der Waals surface area contributed by atoms with Crippen molar-refractivity contribution in [2.45, 2.75) is 13.8 Å². The number of hydrogen-bond donors (Lipinski definition) is 1. The summed E-state index contributed by atoms with van der Waals surface area (Å²) in [7, 11) is 0. The molecule has 0 atom stereocenters. The van der Waals surface area contributed by atoms with Crippen molar-refractivity contribution in [3.8, 4) is 5.75 Å². The summed E-state index contributed by atoms with van der Waals surface area (Å²) in [5.74, 6) is 0.337. The third kappa shape index (κ3) is 5.40. The van der Waals surface area contributed by atoms with Crippen LogP contribution >= 0.6 is 0 Å². The number of aromatic hydroxyl groups is 1. The predicted molar refractivity (Wildman–Crippen MR) is 42.7 cm³/mol. The van der Waals surface area contributed by atoms with Crippen LogP contribution in [-0.4, -0.2) is 5.11 Å². The van der Waals surface area contributed by atoms with E-state index in [1.165, 1.54) is 0 Å². The van der Waals surface area contributed by atoms with Gasteiger partial charge in [-0.3, -0.25) is 0 Å². The average Bonchev–Trinajstić information content (AvgIpc) is 2.00. The van der Waals surface area contributed by atoms with Crippen LogP contribution in [0.1, 0.15) is 12.5 Å². The second-order valence-electron chi connectivity index (χ2n) is 1.71. The summed E-state index contributed by atoms with van der Waals surface area (Å²) in [4.78, 5) is 0. The van der Waals surface area contributed by atoms with Crippen LogP contribution in [0, 0.1) is 19.9 Å². The molecule has 11 heavy (non-hydrogen) atoms. The van der Waals surface area contributed by atoms with Gasteiger partial charge < -0.3 is 12.0 Å². The van der Waals surface area contributed by atoms with Crippen LogP contribution in [-0.2, 0) is 32.7 Å². The third-order valence-corrected chi connectivity index (χ3v) is 1.04. The molecule has 0 fully saturated rings. The van der Waals surface area contributed by atoms with E-state index in [1.54, 1.807) is 25.1 Å². The van der Waals surface area contributed by atoms with E-state index in [1.807, 2.05) is 6.92 Å². The first kappa shape index (κ1) is 13.7. The molecule has 1 aromatic carbocycles. The van der Waals surface area contributed by atoms with Crippen LogP contribution < -0.4 is 0 Å². The van der Waals surface area contributed by atoms with Crippen LogP contribution in [0.2, 0.25) is 0 Å². The number of phenols is 1. The molecule has 0 saturated heterocycles. The molecule has 0 saturated carbocycles. The van der Waals surface area contributed by atoms with Gasteiger partial charge in [-0.1, -0.05) is 6.92 Å². The van der Waals surface area contributed by atoms with Crippen LogP contribution in [0.15, 0.2) is 18.2 Å². The van der Waals surface area contributed by atoms with Gasteiger partial charge in [0.1, 0.15) is 0 Å². The monoisotopic (exact) mass is 225 g/mol. The van der Waals surface area contributed by atoms with E-state index in [-0.39, 0.29) is 32.7 Å². The predicted octanol–water partition coefficient (Wildman–Crippen LogP) is 2.34. The fourth-order valence-corrected chi connectivity index (χ4v) is 0.506. The summed E-state index contributed by atoms with van der Waals surface area (Å²) < 4.78 is 0. The Kier molecular flexibility index (Phi) is 10.2. The Labute approximate surface area is 93.7 Å². The smallest absolute Gasteiger partial charge is 0.0111 e. The van der Waals surface area contributed by atoms with Gasteiger partial charge in [-0.15, -0.1) is 11.6 Å². The fourth-order valence-electron chi connectivity index (χ4n) is 0.506. The van der Waals surface area contributed by atoms with E-state index in [0.29, 0.717) is 5.75 Å². The molecule has 0 spiro atoms. The van der Waals surface area contributed by atoms with E-state index in [2.05, 4.69) is 13.0 Å². The zero-order chi connectivity index (χ0) is 7.98. The Hall–Kier alpha value is 0.124.